The minimum Gasteiger partial charge on any atom is -0.370 e. The number of aliphatic imine (C=N–C) groups is 1. The monoisotopic (exact) mass is 284 g/mol. The van der Waals surface area contributed by atoms with Crippen LogP contribution in [0.25, 0.3) is 0 Å². The molecule has 0 radical (unpaired) electrons. The molecule has 2 aliphatic heterocycles. The topological polar surface area (TPSA) is 44.9 Å². The van der Waals surface area contributed by atoms with Gasteiger partial charge >= 0.3 is 0 Å². The lowest BCUT2D eigenvalue weighted by atomic mass is 9.86. The maximum Gasteiger partial charge on any atom is 0.192 e. The van der Waals surface area contributed by atoms with Crippen LogP contribution in [0, 0.1) is 0 Å². The summed E-state index contributed by atoms with van der Waals surface area (Å²) in [6, 6.07) is 11.5. The zero-order valence-corrected chi connectivity index (χ0v) is 12.5. The van der Waals surface area contributed by atoms with E-state index in [0.29, 0.717) is 0 Å². The number of rotatable bonds is 3. The Balaban J connectivity index is 1.49. The fourth-order valence-corrected chi connectivity index (χ4v) is 3.83. The molecule has 4 rings (SSSR count). The standard InChI is InChI=1S/C17H24N4/c18-16-19-13-17(8-10-20(11-9-17)15-6-7-15)21(16)12-14-4-2-1-3-5-14/h1-5,15H,6-13H2,(H2,18,19). The van der Waals surface area contributed by atoms with E-state index in [1.54, 1.807) is 0 Å². The van der Waals surface area contributed by atoms with Crippen LogP contribution in [0.2, 0.25) is 0 Å². The molecule has 21 heavy (non-hydrogen) atoms. The smallest absolute Gasteiger partial charge is 0.192 e. The van der Waals surface area contributed by atoms with Gasteiger partial charge < -0.3 is 15.5 Å². The van der Waals surface area contributed by atoms with Crippen molar-refractivity contribution in [2.75, 3.05) is 19.6 Å². The highest BCUT2D eigenvalue weighted by atomic mass is 15.4. The summed E-state index contributed by atoms with van der Waals surface area (Å²) >= 11 is 0. The summed E-state index contributed by atoms with van der Waals surface area (Å²) in [5.74, 6) is 0.735. The van der Waals surface area contributed by atoms with Crippen molar-refractivity contribution in [2.45, 2.75) is 43.8 Å². The van der Waals surface area contributed by atoms with Crippen LogP contribution in [0.4, 0.5) is 0 Å². The highest BCUT2D eigenvalue weighted by Gasteiger charge is 2.46. The van der Waals surface area contributed by atoms with Gasteiger partial charge in [-0.1, -0.05) is 30.3 Å². The van der Waals surface area contributed by atoms with E-state index in [1.165, 1.54) is 44.3 Å². The Hall–Kier alpha value is -1.55. The Morgan fingerprint density at radius 1 is 1.14 bits per heavy atom. The molecule has 1 aliphatic carbocycles. The average Bonchev–Trinajstić information content (AvgIpc) is 3.33. The molecule has 0 bridgehead atoms. The number of hydrogen-bond donors (Lipinski definition) is 1. The fraction of sp³-hybridized carbons (Fsp3) is 0.588. The summed E-state index contributed by atoms with van der Waals surface area (Å²) in [5, 5.41) is 0. The van der Waals surface area contributed by atoms with E-state index in [9.17, 15) is 0 Å². The maximum atomic E-state index is 6.20. The van der Waals surface area contributed by atoms with Crippen molar-refractivity contribution < 1.29 is 0 Å². The van der Waals surface area contributed by atoms with Gasteiger partial charge in [0.05, 0.1) is 12.1 Å². The van der Waals surface area contributed by atoms with Crippen LogP contribution >= 0.6 is 0 Å². The Labute approximate surface area is 126 Å². The molecule has 2 fully saturated rings. The van der Waals surface area contributed by atoms with Crippen LogP contribution in [0.5, 0.6) is 0 Å². The second-order valence-electron chi connectivity index (χ2n) is 6.74. The van der Waals surface area contributed by atoms with Gasteiger partial charge in [0.2, 0.25) is 0 Å². The molecular weight excluding hydrogens is 260 g/mol. The summed E-state index contributed by atoms with van der Waals surface area (Å²) in [6.07, 6.45) is 5.19. The van der Waals surface area contributed by atoms with Crippen molar-refractivity contribution in [1.29, 1.82) is 0 Å². The Morgan fingerprint density at radius 3 is 2.52 bits per heavy atom. The Kier molecular flexibility index (Phi) is 3.14. The SMILES string of the molecule is NC1=NCC2(CCN(C3CC3)CC2)N1Cc1ccccc1. The van der Waals surface area contributed by atoms with Crippen LogP contribution in [0.15, 0.2) is 35.3 Å². The van der Waals surface area contributed by atoms with E-state index in [0.717, 1.165) is 25.1 Å². The molecule has 1 saturated heterocycles. The second-order valence-corrected chi connectivity index (χ2v) is 6.74. The molecule has 0 atom stereocenters. The number of piperidine rings is 1. The highest BCUT2D eigenvalue weighted by molar-refractivity contribution is 5.81. The van der Waals surface area contributed by atoms with Crippen molar-refractivity contribution in [3.63, 3.8) is 0 Å². The first-order chi connectivity index (χ1) is 10.3. The van der Waals surface area contributed by atoms with Crippen molar-refractivity contribution in [3.05, 3.63) is 35.9 Å². The van der Waals surface area contributed by atoms with Gasteiger partial charge in [-0.25, -0.2) is 0 Å². The molecule has 1 saturated carbocycles. The van der Waals surface area contributed by atoms with Crippen molar-refractivity contribution in [1.82, 2.24) is 9.80 Å². The third-order valence-electron chi connectivity index (χ3n) is 5.36. The summed E-state index contributed by atoms with van der Waals surface area (Å²) in [5.41, 5.74) is 7.69. The van der Waals surface area contributed by atoms with Gasteiger partial charge in [0.25, 0.3) is 0 Å². The zero-order chi connectivity index (χ0) is 14.3. The fourth-order valence-electron chi connectivity index (χ4n) is 3.83. The summed E-state index contributed by atoms with van der Waals surface area (Å²) < 4.78 is 0. The van der Waals surface area contributed by atoms with Crippen LogP contribution in [-0.4, -0.2) is 47.0 Å². The molecule has 3 aliphatic rings. The van der Waals surface area contributed by atoms with Gasteiger partial charge in [-0.2, -0.15) is 0 Å². The Morgan fingerprint density at radius 2 is 1.86 bits per heavy atom. The molecule has 4 nitrogen and oxygen atoms in total. The maximum absolute atomic E-state index is 6.20. The number of guanidine groups is 1. The molecule has 0 amide bonds. The molecule has 1 aromatic carbocycles. The molecule has 0 unspecified atom stereocenters. The first-order valence-corrected chi connectivity index (χ1v) is 8.12. The molecule has 112 valence electrons. The Bertz CT molecular complexity index is 527. The average molecular weight is 284 g/mol. The van der Waals surface area contributed by atoms with Crippen LogP contribution in [-0.2, 0) is 6.54 Å². The summed E-state index contributed by atoms with van der Waals surface area (Å²) in [4.78, 5) is 9.61. The van der Waals surface area contributed by atoms with E-state index in [-0.39, 0.29) is 5.54 Å². The van der Waals surface area contributed by atoms with Crippen molar-refractivity contribution >= 4 is 5.96 Å². The lowest BCUT2D eigenvalue weighted by Gasteiger charge is -2.45. The lowest BCUT2D eigenvalue weighted by molar-refractivity contribution is 0.0778. The first-order valence-electron chi connectivity index (χ1n) is 8.12. The first kappa shape index (κ1) is 13.1. The van der Waals surface area contributed by atoms with Gasteiger partial charge in [0.15, 0.2) is 5.96 Å². The molecule has 2 N–H and O–H groups in total. The normalized spacial score (nSPS) is 25.3. The molecule has 1 spiro atoms. The van der Waals surface area contributed by atoms with Gasteiger partial charge in [-0.3, -0.25) is 4.99 Å². The van der Waals surface area contributed by atoms with Crippen LogP contribution in [0.1, 0.15) is 31.2 Å². The molecule has 1 aromatic rings. The van der Waals surface area contributed by atoms with Crippen molar-refractivity contribution in [3.8, 4) is 0 Å². The van der Waals surface area contributed by atoms with E-state index >= 15 is 0 Å². The number of benzene rings is 1. The molecule has 2 heterocycles. The van der Waals surface area contributed by atoms with Gasteiger partial charge in [-0.05, 0) is 31.2 Å². The summed E-state index contributed by atoms with van der Waals surface area (Å²) in [6.45, 7) is 4.18. The quantitative estimate of drug-likeness (QED) is 0.921. The lowest BCUT2D eigenvalue weighted by Crippen LogP contribution is -2.57. The zero-order valence-electron chi connectivity index (χ0n) is 12.5. The van der Waals surface area contributed by atoms with Crippen molar-refractivity contribution in [2.24, 2.45) is 10.7 Å². The largest absolute Gasteiger partial charge is 0.370 e. The molecule has 4 heteroatoms. The molecule has 0 aromatic heterocycles. The van der Waals surface area contributed by atoms with E-state index in [2.05, 4.69) is 45.1 Å². The second kappa shape index (κ2) is 5.02. The third-order valence-corrected chi connectivity index (χ3v) is 5.36. The molecular formula is C17H24N4. The van der Waals surface area contributed by atoms with E-state index < -0.39 is 0 Å². The van der Waals surface area contributed by atoms with Crippen LogP contribution in [0.3, 0.4) is 0 Å². The van der Waals surface area contributed by atoms with E-state index in [4.69, 9.17) is 5.73 Å². The third kappa shape index (κ3) is 2.42. The van der Waals surface area contributed by atoms with Gasteiger partial charge in [0, 0.05) is 25.7 Å². The predicted octanol–water partition coefficient (Wildman–Crippen LogP) is 1.81. The predicted molar refractivity (Wildman–Crippen MR) is 85.0 cm³/mol. The van der Waals surface area contributed by atoms with E-state index in [1.807, 2.05) is 0 Å². The van der Waals surface area contributed by atoms with Gasteiger partial charge in [0.1, 0.15) is 0 Å². The number of nitrogens with zero attached hydrogens (tertiary/aromatic N) is 3. The minimum absolute atomic E-state index is 0.172. The minimum atomic E-state index is 0.172. The highest BCUT2D eigenvalue weighted by Crippen LogP contribution is 2.37. The number of nitrogens with two attached hydrogens (primary N) is 1. The van der Waals surface area contributed by atoms with Crippen LogP contribution < -0.4 is 5.73 Å². The van der Waals surface area contributed by atoms with Gasteiger partial charge in [-0.15, -0.1) is 0 Å². The number of hydrogen-bond acceptors (Lipinski definition) is 4. The summed E-state index contributed by atoms with van der Waals surface area (Å²) in [7, 11) is 0. The number of likely N-dealkylation sites (tertiary alicyclic amines) is 1.